The van der Waals surface area contributed by atoms with Gasteiger partial charge in [0.05, 0.1) is 21.0 Å². The monoisotopic (exact) mass is 349 g/mol. The highest BCUT2D eigenvalue weighted by Crippen LogP contribution is 2.25. The molecule has 1 heterocycles. The predicted molar refractivity (Wildman–Crippen MR) is 85.5 cm³/mol. The van der Waals surface area contributed by atoms with Crippen LogP contribution >= 0.6 is 0 Å². The van der Waals surface area contributed by atoms with Crippen LogP contribution in [-0.4, -0.2) is 18.3 Å². The molecule has 0 unspecified atom stereocenters. The molecule has 2 N–H and O–H groups in total. The normalized spacial score (nSPS) is 11.5. The Hall–Kier alpha value is -3.14. The van der Waals surface area contributed by atoms with Crippen LogP contribution in [0.3, 0.4) is 0 Å². The number of hydrogen-bond acceptors (Lipinski definition) is 6. The summed E-state index contributed by atoms with van der Waals surface area (Å²) >= 11 is 0. The molecule has 9 nitrogen and oxygen atoms in total. The highest BCUT2D eigenvalue weighted by molar-refractivity contribution is 7.92. The van der Waals surface area contributed by atoms with Gasteiger partial charge in [0.1, 0.15) is 0 Å². The Morgan fingerprint density at radius 3 is 2.71 bits per heavy atom. The number of benzene rings is 2. The topological polar surface area (TPSA) is 135 Å². The summed E-state index contributed by atoms with van der Waals surface area (Å²) in [5.41, 5.74) is 0.688. The first kappa shape index (κ1) is 15.7. The number of aromatic amines is 1. The number of oxazole rings is 1. The third-order valence-electron chi connectivity index (χ3n) is 3.32. The lowest BCUT2D eigenvalue weighted by molar-refractivity contribution is -0.384. The molecule has 0 radical (unpaired) electrons. The third kappa shape index (κ3) is 2.86. The van der Waals surface area contributed by atoms with Crippen LogP contribution in [-0.2, 0) is 10.0 Å². The maximum absolute atomic E-state index is 12.5. The molecule has 24 heavy (non-hydrogen) atoms. The molecule has 0 atom stereocenters. The van der Waals surface area contributed by atoms with E-state index >= 15 is 0 Å². The lowest BCUT2D eigenvalue weighted by Crippen LogP contribution is -2.14. The SMILES string of the molecule is Cc1cc2[nH]c(=O)oc2cc1S(=O)(=O)Nc1cccc([N+](=O)[O-])c1. The number of aromatic nitrogens is 1. The molecule has 0 aliphatic heterocycles. The van der Waals surface area contributed by atoms with Gasteiger partial charge in [0.15, 0.2) is 5.58 Å². The number of nitro benzene ring substituents is 1. The van der Waals surface area contributed by atoms with Crippen molar-refractivity contribution in [2.75, 3.05) is 4.72 Å². The Morgan fingerprint density at radius 1 is 1.25 bits per heavy atom. The maximum Gasteiger partial charge on any atom is 0.417 e. The zero-order valence-corrected chi connectivity index (χ0v) is 13.1. The lowest BCUT2D eigenvalue weighted by Gasteiger charge is -2.10. The zero-order valence-electron chi connectivity index (χ0n) is 12.3. The Kier molecular flexibility index (Phi) is 3.60. The number of rotatable bonds is 4. The summed E-state index contributed by atoms with van der Waals surface area (Å²) in [6.07, 6.45) is 0. The number of nitrogens with one attached hydrogen (secondary N) is 2. The van der Waals surface area contributed by atoms with E-state index in [1.807, 2.05) is 0 Å². The highest BCUT2D eigenvalue weighted by Gasteiger charge is 2.20. The summed E-state index contributed by atoms with van der Waals surface area (Å²) in [7, 11) is -4.02. The predicted octanol–water partition coefficient (Wildman–Crippen LogP) is 2.14. The van der Waals surface area contributed by atoms with Crippen LogP contribution in [0.15, 0.2) is 50.5 Å². The molecular formula is C14H11N3O6S. The average molecular weight is 349 g/mol. The van der Waals surface area contributed by atoms with Crippen molar-refractivity contribution in [1.82, 2.24) is 4.98 Å². The van der Waals surface area contributed by atoms with E-state index in [1.54, 1.807) is 6.92 Å². The van der Waals surface area contributed by atoms with Gasteiger partial charge in [-0.2, -0.15) is 0 Å². The summed E-state index contributed by atoms with van der Waals surface area (Å²) < 4.78 is 32.2. The molecule has 3 rings (SSSR count). The number of aryl methyl sites for hydroxylation is 1. The van der Waals surface area contributed by atoms with E-state index in [4.69, 9.17) is 4.42 Å². The van der Waals surface area contributed by atoms with Gasteiger partial charge in [0.2, 0.25) is 0 Å². The second-order valence-electron chi connectivity index (χ2n) is 5.04. The molecule has 2 aromatic carbocycles. The Balaban J connectivity index is 2.04. The number of fused-ring (bicyclic) bond motifs is 1. The number of H-pyrrole nitrogens is 1. The van der Waals surface area contributed by atoms with Gasteiger partial charge in [-0.15, -0.1) is 0 Å². The van der Waals surface area contributed by atoms with Gasteiger partial charge < -0.3 is 4.42 Å². The molecule has 3 aromatic rings. The van der Waals surface area contributed by atoms with Crippen LogP contribution in [0.5, 0.6) is 0 Å². The van der Waals surface area contributed by atoms with E-state index in [1.165, 1.54) is 30.3 Å². The van der Waals surface area contributed by atoms with Gasteiger partial charge in [-0.3, -0.25) is 19.8 Å². The fraction of sp³-hybridized carbons (Fsp3) is 0.0714. The molecule has 0 aliphatic rings. The van der Waals surface area contributed by atoms with E-state index in [9.17, 15) is 23.3 Å². The number of nitrogens with zero attached hydrogens (tertiary/aromatic N) is 1. The van der Waals surface area contributed by atoms with E-state index < -0.39 is 20.7 Å². The molecule has 0 bridgehead atoms. The number of non-ortho nitro benzene ring substituents is 1. The lowest BCUT2D eigenvalue weighted by atomic mass is 10.2. The summed E-state index contributed by atoms with van der Waals surface area (Å²) in [5, 5.41) is 10.8. The molecule has 1 aromatic heterocycles. The quantitative estimate of drug-likeness (QED) is 0.547. The van der Waals surface area contributed by atoms with Crippen molar-refractivity contribution in [2.45, 2.75) is 11.8 Å². The van der Waals surface area contributed by atoms with Crippen LogP contribution in [0.4, 0.5) is 11.4 Å². The maximum atomic E-state index is 12.5. The Morgan fingerprint density at radius 2 is 2.00 bits per heavy atom. The molecule has 0 amide bonds. The fourth-order valence-electron chi connectivity index (χ4n) is 2.27. The van der Waals surface area contributed by atoms with Gasteiger partial charge in [0, 0.05) is 18.2 Å². The zero-order chi connectivity index (χ0) is 17.5. The average Bonchev–Trinajstić information content (AvgIpc) is 2.85. The van der Waals surface area contributed by atoms with Crippen LogP contribution < -0.4 is 10.5 Å². The van der Waals surface area contributed by atoms with E-state index in [2.05, 4.69) is 9.71 Å². The molecular weight excluding hydrogens is 338 g/mol. The van der Waals surface area contributed by atoms with Crippen molar-refractivity contribution in [3.63, 3.8) is 0 Å². The van der Waals surface area contributed by atoms with Crippen LogP contribution in [0.2, 0.25) is 0 Å². The summed E-state index contributed by atoms with van der Waals surface area (Å²) in [5.74, 6) is -0.689. The molecule has 10 heteroatoms. The number of hydrogen-bond donors (Lipinski definition) is 2. The second-order valence-corrected chi connectivity index (χ2v) is 6.69. The number of anilines is 1. The smallest absolute Gasteiger partial charge is 0.408 e. The largest absolute Gasteiger partial charge is 0.417 e. The first-order chi connectivity index (χ1) is 11.3. The Bertz CT molecular complexity index is 1110. The number of nitro groups is 1. The van der Waals surface area contributed by atoms with Crippen molar-refractivity contribution in [3.05, 3.63) is 62.6 Å². The molecule has 0 aliphatic carbocycles. The first-order valence-corrected chi connectivity index (χ1v) is 8.15. The minimum atomic E-state index is -4.02. The highest BCUT2D eigenvalue weighted by atomic mass is 32.2. The van der Waals surface area contributed by atoms with Crippen molar-refractivity contribution in [3.8, 4) is 0 Å². The van der Waals surface area contributed by atoms with Crippen molar-refractivity contribution in [2.24, 2.45) is 0 Å². The standard InChI is InChI=1S/C14H11N3O6S/c1-8-5-11-12(23-14(18)15-11)7-13(8)24(21,22)16-9-3-2-4-10(6-9)17(19)20/h2-7,16H,1H3,(H,15,18). The Labute approximate surface area is 135 Å². The minimum Gasteiger partial charge on any atom is -0.408 e. The van der Waals surface area contributed by atoms with Crippen LogP contribution in [0.25, 0.3) is 11.1 Å². The van der Waals surface area contributed by atoms with E-state index in [-0.39, 0.29) is 21.9 Å². The first-order valence-electron chi connectivity index (χ1n) is 6.67. The summed E-state index contributed by atoms with van der Waals surface area (Å²) in [6, 6.07) is 7.84. The molecule has 0 saturated heterocycles. The van der Waals surface area contributed by atoms with Gasteiger partial charge in [-0.25, -0.2) is 13.2 Å². The molecule has 0 saturated carbocycles. The van der Waals surface area contributed by atoms with E-state index in [0.717, 1.165) is 6.07 Å². The van der Waals surface area contributed by atoms with Crippen molar-refractivity contribution in [1.29, 1.82) is 0 Å². The number of sulfonamides is 1. The summed E-state index contributed by atoms with van der Waals surface area (Å²) in [6.45, 7) is 1.56. The van der Waals surface area contributed by atoms with Gasteiger partial charge in [-0.1, -0.05) is 6.07 Å². The molecule has 0 fully saturated rings. The van der Waals surface area contributed by atoms with Gasteiger partial charge >= 0.3 is 5.76 Å². The van der Waals surface area contributed by atoms with E-state index in [0.29, 0.717) is 11.1 Å². The fourth-order valence-corrected chi connectivity index (χ4v) is 3.56. The molecule has 0 spiro atoms. The minimum absolute atomic E-state index is 0.0548. The van der Waals surface area contributed by atoms with Gasteiger partial charge in [0.25, 0.3) is 15.7 Å². The van der Waals surface area contributed by atoms with Gasteiger partial charge in [-0.05, 0) is 24.6 Å². The molecule has 124 valence electrons. The second kappa shape index (κ2) is 5.49. The van der Waals surface area contributed by atoms with Crippen LogP contribution in [0.1, 0.15) is 5.56 Å². The van der Waals surface area contributed by atoms with Crippen molar-refractivity contribution < 1.29 is 17.8 Å². The third-order valence-corrected chi connectivity index (χ3v) is 4.84. The van der Waals surface area contributed by atoms with Crippen LogP contribution in [0, 0.1) is 17.0 Å². The summed E-state index contributed by atoms with van der Waals surface area (Å²) in [4.78, 5) is 23.7. The van der Waals surface area contributed by atoms with Crippen molar-refractivity contribution >= 4 is 32.5 Å².